The Balaban J connectivity index is 1.71. The van der Waals surface area contributed by atoms with E-state index in [9.17, 15) is 4.79 Å². The van der Waals surface area contributed by atoms with Gasteiger partial charge in [0.2, 0.25) is 5.13 Å². The molecule has 3 rings (SSSR count). The van der Waals surface area contributed by atoms with E-state index in [0.717, 1.165) is 22.7 Å². The molecular formula is C19H22N4O3S. The smallest absolute Gasteiger partial charge is 0.261 e. The number of aryl methyl sites for hydroxylation is 2. The molecule has 1 amide bonds. The van der Waals surface area contributed by atoms with E-state index >= 15 is 0 Å². The zero-order valence-corrected chi connectivity index (χ0v) is 16.6. The van der Waals surface area contributed by atoms with Crippen LogP contribution in [0.5, 0.6) is 5.75 Å². The van der Waals surface area contributed by atoms with Crippen molar-refractivity contribution in [2.24, 2.45) is 5.92 Å². The summed E-state index contributed by atoms with van der Waals surface area (Å²) in [4.78, 5) is 12.7. The molecule has 0 atom stereocenters. The highest BCUT2D eigenvalue weighted by molar-refractivity contribution is 7.15. The number of nitrogens with zero attached hydrogens (tertiary/aromatic N) is 3. The fraction of sp³-hybridized carbons (Fsp3) is 0.368. The van der Waals surface area contributed by atoms with Gasteiger partial charge in [-0.25, -0.2) is 0 Å². The molecule has 142 valence electrons. The molecule has 1 aromatic carbocycles. The molecule has 0 saturated heterocycles. The first kappa shape index (κ1) is 19.0. The van der Waals surface area contributed by atoms with Crippen molar-refractivity contribution in [1.82, 2.24) is 15.4 Å². The van der Waals surface area contributed by atoms with Gasteiger partial charge < -0.3 is 9.26 Å². The highest BCUT2D eigenvalue weighted by atomic mass is 32.1. The van der Waals surface area contributed by atoms with Crippen LogP contribution in [-0.4, -0.2) is 21.3 Å². The first-order valence-electron chi connectivity index (χ1n) is 8.71. The number of rotatable bonds is 7. The molecule has 8 heteroatoms. The van der Waals surface area contributed by atoms with Crippen molar-refractivity contribution < 1.29 is 14.1 Å². The lowest BCUT2D eigenvalue weighted by Gasteiger charge is -2.10. The van der Waals surface area contributed by atoms with Gasteiger partial charge >= 0.3 is 0 Å². The number of hydrogen-bond donors (Lipinski definition) is 1. The number of hydrogen-bond acceptors (Lipinski definition) is 7. The average Bonchev–Trinajstić information content (AvgIpc) is 3.19. The predicted octanol–water partition coefficient (Wildman–Crippen LogP) is 4.17. The zero-order chi connectivity index (χ0) is 19.4. The topological polar surface area (TPSA) is 90.1 Å². The molecule has 0 bridgehead atoms. The van der Waals surface area contributed by atoms with Crippen LogP contribution in [0.1, 0.15) is 46.2 Å². The summed E-state index contributed by atoms with van der Waals surface area (Å²) in [6.45, 7) is 8.21. The van der Waals surface area contributed by atoms with Gasteiger partial charge in [-0.05, 0) is 31.9 Å². The Kier molecular flexibility index (Phi) is 5.85. The molecule has 2 aromatic heterocycles. The maximum Gasteiger partial charge on any atom is 0.261 e. The van der Waals surface area contributed by atoms with E-state index in [4.69, 9.17) is 9.26 Å². The molecular weight excluding hydrogens is 364 g/mol. The van der Waals surface area contributed by atoms with Gasteiger partial charge in [-0.1, -0.05) is 42.5 Å². The number of benzene rings is 1. The van der Waals surface area contributed by atoms with Crippen molar-refractivity contribution in [3.63, 3.8) is 0 Å². The molecule has 7 nitrogen and oxygen atoms in total. The number of nitrogens with one attached hydrogen (secondary N) is 1. The largest absolute Gasteiger partial charge is 0.488 e. The summed E-state index contributed by atoms with van der Waals surface area (Å²) in [7, 11) is 0. The van der Waals surface area contributed by atoms with Gasteiger partial charge in [0.15, 0.2) is 0 Å². The van der Waals surface area contributed by atoms with Crippen molar-refractivity contribution in [3.05, 3.63) is 51.9 Å². The summed E-state index contributed by atoms with van der Waals surface area (Å²) in [5, 5.41) is 16.3. The number of anilines is 1. The molecule has 27 heavy (non-hydrogen) atoms. The van der Waals surface area contributed by atoms with Crippen LogP contribution in [0.4, 0.5) is 5.13 Å². The Bertz CT molecular complexity index is 913. The van der Waals surface area contributed by atoms with Crippen molar-refractivity contribution in [2.75, 3.05) is 5.32 Å². The maximum atomic E-state index is 12.7. The summed E-state index contributed by atoms with van der Waals surface area (Å²) in [6, 6.07) is 7.10. The van der Waals surface area contributed by atoms with E-state index in [1.165, 1.54) is 11.3 Å². The quantitative estimate of drug-likeness (QED) is 0.655. The van der Waals surface area contributed by atoms with Gasteiger partial charge in [-0.15, -0.1) is 10.2 Å². The van der Waals surface area contributed by atoms with Crippen molar-refractivity contribution in [2.45, 2.75) is 40.7 Å². The first-order valence-corrected chi connectivity index (χ1v) is 9.53. The molecule has 0 spiro atoms. The number of ether oxygens (including phenoxy) is 1. The van der Waals surface area contributed by atoms with Crippen molar-refractivity contribution in [1.29, 1.82) is 0 Å². The summed E-state index contributed by atoms with van der Waals surface area (Å²) in [6.07, 6.45) is 0.838. The van der Waals surface area contributed by atoms with Crippen LogP contribution in [0.3, 0.4) is 0 Å². The summed E-state index contributed by atoms with van der Waals surface area (Å²) >= 11 is 1.39. The van der Waals surface area contributed by atoms with Gasteiger partial charge in [0.05, 0.1) is 16.8 Å². The lowest BCUT2D eigenvalue weighted by molar-refractivity contribution is 0.102. The second-order valence-corrected chi connectivity index (χ2v) is 7.70. The number of carbonyl (C=O) groups is 1. The SMILES string of the molecule is Cc1noc(C)c1COc1ccccc1C(=O)Nc1nnc(CC(C)C)s1. The van der Waals surface area contributed by atoms with E-state index in [-0.39, 0.29) is 12.5 Å². The van der Waals surface area contributed by atoms with E-state index in [0.29, 0.717) is 28.1 Å². The van der Waals surface area contributed by atoms with Crippen LogP contribution in [0, 0.1) is 19.8 Å². The summed E-state index contributed by atoms with van der Waals surface area (Å²) in [5.74, 6) is 1.40. The van der Waals surface area contributed by atoms with Gasteiger partial charge in [0, 0.05) is 6.42 Å². The molecule has 0 unspecified atom stereocenters. The number of carbonyl (C=O) groups excluding carboxylic acids is 1. The molecule has 0 fully saturated rings. The monoisotopic (exact) mass is 386 g/mol. The summed E-state index contributed by atoms with van der Waals surface area (Å²) in [5.41, 5.74) is 2.10. The average molecular weight is 386 g/mol. The van der Waals surface area contributed by atoms with Gasteiger partial charge in [0.1, 0.15) is 23.1 Å². The Labute approximate surface area is 161 Å². The fourth-order valence-corrected chi connectivity index (χ4v) is 3.49. The van der Waals surface area contributed by atoms with E-state index in [1.807, 2.05) is 19.9 Å². The molecule has 0 aliphatic carbocycles. The fourth-order valence-electron chi connectivity index (χ4n) is 2.54. The first-order chi connectivity index (χ1) is 12.9. The zero-order valence-electron chi connectivity index (χ0n) is 15.8. The normalized spacial score (nSPS) is 11.0. The van der Waals surface area contributed by atoms with E-state index < -0.39 is 0 Å². The lowest BCUT2D eigenvalue weighted by atomic mass is 10.1. The van der Waals surface area contributed by atoms with Crippen LogP contribution in [-0.2, 0) is 13.0 Å². The number of para-hydroxylation sites is 1. The third-order valence-corrected chi connectivity index (χ3v) is 4.82. The van der Waals surface area contributed by atoms with Crippen LogP contribution in [0.15, 0.2) is 28.8 Å². The standard InChI is InChI=1S/C19H22N4O3S/c1-11(2)9-17-21-22-19(27-17)20-18(24)14-7-5-6-8-16(14)25-10-15-12(3)23-26-13(15)4/h5-8,11H,9-10H2,1-4H3,(H,20,22,24). The second-order valence-electron chi connectivity index (χ2n) is 6.64. The van der Waals surface area contributed by atoms with Crippen LogP contribution >= 0.6 is 11.3 Å². The van der Waals surface area contributed by atoms with Crippen molar-refractivity contribution >= 4 is 22.4 Å². The minimum absolute atomic E-state index is 0.281. The Hall–Kier alpha value is -2.74. The third-order valence-electron chi connectivity index (χ3n) is 3.96. The predicted molar refractivity (Wildman–Crippen MR) is 103 cm³/mol. The van der Waals surface area contributed by atoms with Crippen LogP contribution in [0.25, 0.3) is 0 Å². The number of amides is 1. The van der Waals surface area contributed by atoms with Crippen LogP contribution in [0.2, 0.25) is 0 Å². The minimum Gasteiger partial charge on any atom is -0.488 e. The highest BCUT2D eigenvalue weighted by Crippen LogP contribution is 2.24. The Morgan fingerprint density at radius 2 is 2.04 bits per heavy atom. The highest BCUT2D eigenvalue weighted by Gasteiger charge is 2.16. The Morgan fingerprint density at radius 1 is 1.26 bits per heavy atom. The molecule has 1 N–H and O–H groups in total. The van der Waals surface area contributed by atoms with Gasteiger partial charge in [0.25, 0.3) is 5.91 Å². The second kappa shape index (κ2) is 8.30. The molecule has 2 heterocycles. The van der Waals surface area contributed by atoms with Gasteiger partial charge in [-0.2, -0.15) is 0 Å². The maximum absolute atomic E-state index is 12.7. The van der Waals surface area contributed by atoms with Crippen molar-refractivity contribution in [3.8, 4) is 5.75 Å². The van der Waals surface area contributed by atoms with E-state index in [1.54, 1.807) is 18.2 Å². The van der Waals surface area contributed by atoms with Gasteiger partial charge in [-0.3, -0.25) is 10.1 Å². The molecule has 3 aromatic rings. The molecule has 0 aliphatic rings. The molecule has 0 saturated carbocycles. The Morgan fingerprint density at radius 3 is 2.74 bits per heavy atom. The molecule has 0 aliphatic heterocycles. The lowest BCUT2D eigenvalue weighted by Crippen LogP contribution is -2.13. The summed E-state index contributed by atoms with van der Waals surface area (Å²) < 4.78 is 11.0. The number of aromatic nitrogens is 3. The van der Waals surface area contributed by atoms with E-state index in [2.05, 4.69) is 34.5 Å². The minimum atomic E-state index is -0.281. The molecule has 0 radical (unpaired) electrons. The third kappa shape index (κ3) is 4.71. The van der Waals surface area contributed by atoms with Crippen LogP contribution < -0.4 is 10.1 Å².